The average molecular weight is 270 g/mol. The Morgan fingerprint density at radius 3 is 2.42 bits per heavy atom. The SMILES string of the molecule is CC(C)CNC(=O)CNC(=O)c1ccc(F)c(F)c1. The van der Waals surface area contributed by atoms with E-state index in [1.165, 1.54) is 0 Å². The van der Waals surface area contributed by atoms with E-state index in [0.717, 1.165) is 18.2 Å². The maximum absolute atomic E-state index is 12.9. The predicted octanol–water partition coefficient (Wildman–Crippen LogP) is 1.47. The van der Waals surface area contributed by atoms with Crippen molar-refractivity contribution in [2.75, 3.05) is 13.1 Å². The van der Waals surface area contributed by atoms with Crippen molar-refractivity contribution in [2.45, 2.75) is 13.8 Å². The molecule has 0 unspecified atom stereocenters. The van der Waals surface area contributed by atoms with Crippen LogP contribution in [-0.2, 0) is 4.79 Å². The highest BCUT2D eigenvalue weighted by molar-refractivity contribution is 5.96. The number of benzene rings is 1. The molecule has 0 aliphatic rings. The summed E-state index contributed by atoms with van der Waals surface area (Å²) in [7, 11) is 0. The van der Waals surface area contributed by atoms with Gasteiger partial charge < -0.3 is 10.6 Å². The lowest BCUT2D eigenvalue weighted by Gasteiger charge is -2.08. The standard InChI is InChI=1S/C13H16F2N2O2/c1-8(2)6-16-12(18)7-17-13(19)9-3-4-10(14)11(15)5-9/h3-5,8H,6-7H2,1-2H3,(H,16,18)(H,17,19). The summed E-state index contributed by atoms with van der Waals surface area (Å²) in [6.45, 7) is 4.20. The number of hydrogen-bond donors (Lipinski definition) is 2. The molecule has 4 nitrogen and oxygen atoms in total. The molecule has 0 fully saturated rings. The number of carbonyl (C=O) groups excluding carboxylic acids is 2. The second-order valence-electron chi connectivity index (χ2n) is 4.51. The molecule has 0 aromatic heterocycles. The molecule has 0 radical (unpaired) electrons. The number of carbonyl (C=O) groups is 2. The number of halogens is 2. The molecule has 0 aliphatic heterocycles. The average Bonchev–Trinajstić information content (AvgIpc) is 2.36. The Labute approximate surface area is 110 Å². The fourth-order valence-corrected chi connectivity index (χ4v) is 1.28. The first-order valence-corrected chi connectivity index (χ1v) is 5.90. The van der Waals surface area contributed by atoms with Gasteiger partial charge in [-0.3, -0.25) is 9.59 Å². The molecule has 0 saturated heterocycles. The van der Waals surface area contributed by atoms with Crippen LogP contribution in [0.15, 0.2) is 18.2 Å². The van der Waals surface area contributed by atoms with Gasteiger partial charge in [-0.1, -0.05) is 13.8 Å². The van der Waals surface area contributed by atoms with Crippen molar-refractivity contribution in [3.63, 3.8) is 0 Å². The smallest absolute Gasteiger partial charge is 0.251 e. The summed E-state index contributed by atoms with van der Waals surface area (Å²) in [5.74, 6) is -2.77. The van der Waals surface area contributed by atoms with Gasteiger partial charge >= 0.3 is 0 Å². The Hall–Kier alpha value is -1.98. The largest absolute Gasteiger partial charge is 0.354 e. The monoisotopic (exact) mass is 270 g/mol. The van der Waals surface area contributed by atoms with Crippen LogP contribution in [0.1, 0.15) is 24.2 Å². The molecule has 1 aromatic rings. The molecule has 2 N–H and O–H groups in total. The molecular formula is C13H16F2N2O2. The van der Waals surface area contributed by atoms with Gasteiger partial charge in [0.1, 0.15) is 0 Å². The third-order valence-electron chi connectivity index (χ3n) is 2.30. The van der Waals surface area contributed by atoms with Crippen LogP contribution in [0.2, 0.25) is 0 Å². The lowest BCUT2D eigenvalue weighted by Crippen LogP contribution is -2.38. The maximum Gasteiger partial charge on any atom is 0.251 e. The van der Waals surface area contributed by atoms with Crippen LogP contribution in [-0.4, -0.2) is 24.9 Å². The van der Waals surface area contributed by atoms with E-state index in [1.807, 2.05) is 13.8 Å². The van der Waals surface area contributed by atoms with Gasteiger partial charge in [-0.25, -0.2) is 8.78 Å². The molecule has 0 atom stereocenters. The van der Waals surface area contributed by atoms with Crippen LogP contribution < -0.4 is 10.6 Å². The summed E-state index contributed by atoms with van der Waals surface area (Å²) >= 11 is 0. The third-order valence-corrected chi connectivity index (χ3v) is 2.30. The summed E-state index contributed by atoms with van der Waals surface area (Å²) in [5, 5.41) is 4.95. The van der Waals surface area contributed by atoms with Crippen molar-refractivity contribution < 1.29 is 18.4 Å². The summed E-state index contributed by atoms with van der Waals surface area (Å²) in [6.07, 6.45) is 0. The van der Waals surface area contributed by atoms with Crippen molar-refractivity contribution in [3.8, 4) is 0 Å². The zero-order chi connectivity index (χ0) is 14.4. The van der Waals surface area contributed by atoms with E-state index >= 15 is 0 Å². The fraction of sp³-hybridized carbons (Fsp3) is 0.385. The molecule has 2 amide bonds. The molecule has 0 aliphatic carbocycles. The van der Waals surface area contributed by atoms with Crippen molar-refractivity contribution >= 4 is 11.8 Å². The first kappa shape index (κ1) is 15.1. The van der Waals surface area contributed by atoms with Crippen LogP contribution >= 0.6 is 0 Å². The van der Waals surface area contributed by atoms with Gasteiger partial charge in [0, 0.05) is 12.1 Å². The Morgan fingerprint density at radius 2 is 1.84 bits per heavy atom. The minimum Gasteiger partial charge on any atom is -0.354 e. The minimum absolute atomic E-state index is 0.0319. The molecule has 1 rings (SSSR count). The summed E-state index contributed by atoms with van der Waals surface area (Å²) < 4.78 is 25.6. The van der Waals surface area contributed by atoms with Gasteiger partial charge in [0.2, 0.25) is 5.91 Å². The summed E-state index contributed by atoms with van der Waals surface area (Å²) in [6, 6.07) is 2.81. The molecule has 104 valence electrons. The number of amides is 2. The molecule has 0 saturated carbocycles. The van der Waals surface area contributed by atoms with E-state index in [4.69, 9.17) is 0 Å². The minimum atomic E-state index is -1.10. The Kier molecular flexibility index (Phi) is 5.41. The van der Waals surface area contributed by atoms with Gasteiger partial charge in [0.15, 0.2) is 11.6 Å². The van der Waals surface area contributed by atoms with Gasteiger partial charge in [0.05, 0.1) is 6.54 Å². The molecule has 0 bridgehead atoms. The van der Waals surface area contributed by atoms with Gasteiger partial charge in [0.25, 0.3) is 5.91 Å². The molecule has 6 heteroatoms. The first-order valence-electron chi connectivity index (χ1n) is 5.90. The maximum atomic E-state index is 12.9. The number of hydrogen-bond acceptors (Lipinski definition) is 2. The quantitative estimate of drug-likeness (QED) is 0.851. The van der Waals surface area contributed by atoms with E-state index < -0.39 is 17.5 Å². The highest BCUT2D eigenvalue weighted by Gasteiger charge is 2.11. The highest BCUT2D eigenvalue weighted by atomic mass is 19.2. The number of rotatable bonds is 5. The van der Waals surface area contributed by atoms with Gasteiger partial charge in [-0.2, -0.15) is 0 Å². The van der Waals surface area contributed by atoms with Gasteiger partial charge in [-0.05, 0) is 24.1 Å². The van der Waals surface area contributed by atoms with E-state index in [2.05, 4.69) is 10.6 Å². The molecule has 1 aromatic carbocycles. The van der Waals surface area contributed by atoms with Crippen LogP contribution in [0.25, 0.3) is 0 Å². The summed E-state index contributed by atoms with van der Waals surface area (Å²) in [5.41, 5.74) is -0.0319. The van der Waals surface area contributed by atoms with E-state index in [-0.39, 0.29) is 18.0 Å². The zero-order valence-electron chi connectivity index (χ0n) is 10.8. The second kappa shape index (κ2) is 6.82. The van der Waals surface area contributed by atoms with E-state index in [1.54, 1.807) is 0 Å². The van der Waals surface area contributed by atoms with Crippen molar-refractivity contribution in [2.24, 2.45) is 5.92 Å². The Bertz CT molecular complexity index is 476. The Balaban J connectivity index is 2.47. The van der Waals surface area contributed by atoms with Crippen LogP contribution in [0.5, 0.6) is 0 Å². The first-order chi connectivity index (χ1) is 8.90. The predicted molar refractivity (Wildman–Crippen MR) is 66.5 cm³/mol. The van der Waals surface area contributed by atoms with E-state index in [0.29, 0.717) is 12.5 Å². The Morgan fingerprint density at radius 1 is 1.16 bits per heavy atom. The summed E-state index contributed by atoms with van der Waals surface area (Å²) in [4.78, 5) is 22.9. The highest BCUT2D eigenvalue weighted by Crippen LogP contribution is 2.08. The topological polar surface area (TPSA) is 58.2 Å². The van der Waals surface area contributed by atoms with Crippen LogP contribution in [0.3, 0.4) is 0 Å². The lowest BCUT2D eigenvalue weighted by molar-refractivity contribution is -0.120. The molecule has 0 spiro atoms. The molecule has 0 heterocycles. The lowest BCUT2D eigenvalue weighted by atomic mass is 10.2. The molecular weight excluding hydrogens is 254 g/mol. The normalized spacial score (nSPS) is 10.4. The number of nitrogens with one attached hydrogen (secondary N) is 2. The fourth-order valence-electron chi connectivity index (χ4n) is 1.28. The van der Waals surface area contributed by atoms with E-state index in [9.17, 15) is 18.4 Å². The van der Waals surface area contributed by atoms with Crippen molar-refractivity contribution in [1.82, 2.24) is 10.6 Å². The van der Waals surface area contributed by atoms with Crippen molar-refractivity contribution in [3.05, 3.63) is 35.4 Å². The van der Waals surface area contributed by atoms with Crippen molar-refractivity contribution in [1.29, 1.82) is 0 Å². The van der Waals surface area contributed by atoms with Crippen LogP contribution in [0, 0.1) is 17.6 Å². The van der Waals surface area contributed by atoms with Crippen LogP contribution in [0.4, 0.5) is 8.78 Å². The zero-order valence-corrected chi connectivity index (χ0v) is 10.8. The van der Waals surface area contributed by atoms with Gasteiger partial charge in [-0.15, -0.1) is 0 Å². The molecule has 19 heavy (non-hydrogen) atoms. The second-order valence-corrected chi connectivity index (χ2v) is 4.51. The third kappa shape index (κ3) is 5.03.